The summed E-state index contributed by atoms with van der Waals surface area (Å²) in [6.07, 6.45) is 0. The number of hydrogen-bond donors (Lipinski definition) is 1. The van der Waals surface area contributed by atoms with Crippen molar-refractivity contribution < 1.29 is 19.5 Å². The molecule has 1 aliphatic rings. The Morgan fingerprint density at radius 1 is 0.675 bits per heavy atom. The van der Waals surface area contributed by atoms with Crippen LogP contribution in [0.3, 0.4) is 0 Å². The molecule has 10 heteroatoms. The Bertz CT molecular complexity index is 1470. The number of aliphatic carboxylic acids is 1. The molecule has 2 amide bonds. The third-order valence-corrected chi connectivity index (χ3v) is 10.2. The number of carbonyl (C=O) groups excluding carboxylic acids is 2. The minimum absolute atomic E-state index is 0.157. The van der Waals surface area contributed by atoms with E-state index >= 15 is 0 Å². The van der Waals surface area contributed by atoms with E-state index in [2.05, 4.69) is 0 Å². The number of benzene rings is 4. The number of fused-ring (bicyclic) bond motifs is 1. The lowest BCUT2D eigenvalue weighted by Crippen LogP contribution is -2.47. The second kappa shape index (κ2) is 11.5. The van der Waals surface area contributed by atoms with E-state index in [0.717, 1.165) is 16.7 Å². The summed E-state index contributed by atoms with van der Waals surface area (Å²) in [7, 11) is 0. The summed E-state index contributed by atoms with van der Waals surface area (Å²) in [5, 5.41) is 9.44. The van der Waals surface area contributed by atoms with E-state index in [-0.39, 0.29) is 37.0 Å². The molecule has 5 rings (SSSR count). The molecule has 0 aliphatic carbocycles. The van der Waals surface area contributed by atoms with Gasteiger partial charge in [0.05, 0.1) is 36.0 Å². The Kier molecular flexibility index (Phi) is 8.18. The maximum absolute atomic E-state index is 13.5. The number of thioether (sulfide) groups is 1. The molecule has 4 aromatic rings. The van der Waals surface area contributed by atoms with Crippen LogP contribution in [0.5, 0.6) is 0 Å². The van der Waals surface area contributed by atoms with Gasteiger partial charge in [0.15, 0.2) is 0 Å². The summed E-state index contributed by atoms with van der Waals surface area (Å²) in [5.74, 6) is -3.32. The maximum Gasteiger partial charge on any atom is 0.327 e. The van der Waals surface area contributed by atoms with Gasteiger partial charge in [-0.3, -0.25) is 14.5 Å². The van der Waals surface area contributed by atoms with Gasteiger partial charge >= 0.3 is 5.97 Å². The molecule has 1 unspecified atom stereocenters. The van der Waals surface area contributed by atoms with E-state index in [9.17, 15) is 19.5 Å². The van der Waals surface area contributed by atoms with Crippen LogP contribution in [0.2, 0.25) is 20.1 Å². The molecule has 0 saturated carbocycles. The molecular formula is C30H19Cl4NO4S. The molecule has 202 valence electrons. The normalized spacial score (nSPS) is 13.8. The predicted octanol–water partition coefficient (Wildman–Crippen LogP) is 8.07. The molecule has 0 radical (unpaired) electrons. The Balaban J connectivity index is 1.62. The van der Waals surface area contributed by atoms with Gasteiger partial charge in [0, 0.05) is 5.75 Å². The Hall–Kier alpha value is -3.00. The molecule has 40 heavy (non-hydrogen) atoms. The fourth-order valence-electron chi connectivity index (χ4n) is 4.88. The van der Waals surface area contributed by atoms with E-state index in [1.54, 1.807) is 0 Å². The number of nitrogens with zero attached hydrogens (tertiary/aromatic N) is 1. The predicted molar refractivity (Wildman–Crippen MR) is 160 cm³/mol. The summed E-state index contributed by atoms with van der Waals surface area (Å²) in [4.78, 5) is 40.4. The molecular weight excluding hydrogens is 612 g/mol. The Morgan fingerprint density at radius 3 is 1.35 bits per heavy atom. The minimum Gasteiger partial charge on any atom is -0.480 e. The van der Waals surface area contributed by atoms with Crippen LogP contribution in [-0.2, 0) is 9.54 Å². The summed E-state index contributed by atoms with van der Waals surface area (Å²) in [6.45, 7) is 0. The zero-order chi connectivity index (χ0) is 28.6. The van der Waals surface area contributed by atoms with Gasteiger partial charge in [0.25, 0.3) is 11.8 Å². The van der Waals surface area contributed by atoms with Gasteiger partial charge in [-0.05, 0) is 16.7 Å². The lowest BCUT2D eigenvalue weighted by atomic mass is 9.84. The highest BCUT2D eigenvalue weighted by Gasteiger charge is 2.48. The third-order valence-electron chi connectivity index (χ3n) is 6.73. The number of amides is 2. The van der Waals surface area contributed by atoms with Crippen molar-refractivity contribution in [2.45, 2.75) is 10.8 Å². The Morgan fingerprint density at radius 2 is 1.02 bits per heavy atom. The van der Waals surface area contributed by atoms with Crippen LogP contribution in [0.25, 0.3) is 0 Å². The van der Waals surface area contributed by atoms with Crippen molar-refractivity contribution in [2.75, 3.05) is 5.75 Å². The van der Waals surface area contributed by atoms with Gasteiger partial charge in [-0.15, -0.1) is 11.8 Å². The second-order valence-corrected chi connectivity index (χ2v) is 11.7. The lowest BCUT2D eigenvalue weighted by molar-refractivity contribution is -0.140. The fraction of sp³-hybridized carbons (Fsp3) is 0.100. The maximum atomic E-state index is 13.5. The van der Waals surface area contributed by atoms with E-state index < -0.39 is 28.6 Å². The van der Waals surface area contributed by atoms with Gasteiger partial charge in [-0.1, -0.05) is 137 Å². The molecule has 0 spiro atoms. The standard InChI is InChI=1S/C30H19Cl4NO4S/c31-23-21-22(24(32)26(34)25(23)33)28(37)35(27(21)36)20(29(38)39)16-40-30(17-10-4-1-5-11-17,18-12-6-2-7-13-18)19-14-8-3-9-15-19/h1-15,20H,16H2,(H,38,39). The van der Waals surface area contributed by atoms with Crippen molar-refractivity contribution in [1.29, 1.82) is 0 Å². The average Bonchev–Trinajstić information content (AvgIpc) is 3.24. The van der Waals surface area contributed by atoms with Crippen LogP contribution >= 0.6 is 58.2 Å². The molecule has 1 aliphatic heterocycles. The number of carboxylic acid groups (broad SMARTS) is 1. The second-order valence-electron chi connectivity index (χ2n) is 8.93. The Labute approximate surface area is 254 Å². The summed E-state index contributed by atoms with van der Waals surface area (Å²) >= 11 is 26.2. The number of carbonyl (C=O) groups is 3. The van der Waals surface area contributed by atoms with Gasteiger partial charge in [0.1, 0.15) is 6.04 Å². The van der Waals surface area contributed by atoms with Crippen molar-refractivity contribution in [3.8, 4) is 0 Å². The van der Waals surface area contributed by atoms with Gasteiger partial charge in [-0.25, -0.2) is 4.79 Å². The van der Waals surface area contributed by atoms with Crippen LogP contribution < -0.4 is 0 Å². The number of rotatable bonds is 8. The van der Waals surface area contributed by atoms with Gasteiger partial charge in [0.2, 0.25) is 0 Å². The van der Waals surface area contributed by atoms with E-state index in [0.29, 0.717) is 4.90 Å². The number of halogens is 4. The first kappa shape index (κ1) is 28.5. The minimum atomic E-state index is -1.56. The van der Waals surface area contributed by atoms with Crippen molar-refractivity contribution in [3.05, 3.63) is 139 Å². The van der Waals surface area contributed by atoms with Crippen LogP contribution in [0.1, 0.15) is 37.4 Å². The zero-order valence-electron chi connectivity index (χ0n) is 20.5. The molecule has 5 nitrogen and oxygen atoms in total. The van der Waals surface area contributed by atoms with Crippen molar-refractivity contribution in [1.82, 2.24) is 4.90 Å². The zero-order valence-corrected chi connectivity index (χ0v) is 24.3. The molecule has 4 aromatic carbocycles. The molecule has 0 fully saturated rings. The van der Waals surface area contributed by atoms with Crippen LogP contribution in [0, 0.1) is 0 Å². The van der Waals surface area contributed by atoms with Crippen molar-refractivity contribution in [3.63, 3.8) is 0 Å². The van der Waals surface area contributed by atoms with E-state index in [1.807, 2.05) is 91.0 Å². The smallest absolute Gasteiger partial charge is 0.327 e. The van der Waals surface area contributed by atoms with E-state index in [1.165, 1.54) is 11.8 Å². The number of imide groups is 1. The largest absolute Gasteiger partial charge is 0.480 e. The van der Waals surface area contributed by atoms with Crippen LogP contribution in [0.15, 0.2) is 91.0 Å². The van der Waals surface area contributed by atoms with Crippen LogP contribution in [-0.4, -0.2) is 39.6 Å². The number of hydrogen-bond acceptors (Lipinski definition) is 4. The first-order chi connectivity index (χ1) is 19.2. The lowest BCUT2D eigenvalue weighted by Gasteiger charge is -2.37. The summed E-state index contributed by atoms with van der Waals surface area (Å²) < 4.78 is -0.877. The molecule has 0 saturated heterocycles. The molecule has 0 bridgehead atoms. The molecule has 1 atom stereocenters. The average molecular weight is 631 g/mol. The quantitative estimate of drug-likeness (QED) is 0.0922. The van der Waals surface area contributed by atoms with Gasteiger partial charge < -0.3 is 5.11 Å². The first-order valence-corrected chi connectivity index (χ1v) is 14.5. The van der Waals surface area contributed by atoms with E-state index in [4.69, 9.17) is 46.4 Å². The third kappa shape index (κ3) is 4.68. The highest BCUT2D eigenvalue weighted by atomic mass is 35.5. The SMILES string of the molecule is O=C(O)C(CSC(c1ccccc1)(c1ccccc1)c1ccccc1)N1C(=O)c2c(Cl)c(Cl)c(Cl)c(Cl)c2C1=O. The highest BCUT2D eigenvalue weighted by Crippen LogP contribution is 2.50. The fourth-order valence-corrected chi connectivity index (χ4v) is 7.50. The molecule has 1 heterocycles. The van der Waals surface area contributed by atoms with Gasteiger partial charge in [-0.2, -0.15) is 0 Å². The van der Waals surface area contributed by atoms with Crippen molar-refractivity contribution in [2.24, 2.45) is 0 Å². The summed E-state index contributed by atoms with van der Waals surface area (Å²) in [6, 6.07) is 27.4. The van der Waals surface area contributed by atoms with Crippen LogP contribution in [0.4, 0.5) is 0 Å². The first-order valence-electron chi connectivity index (χ1n) is 12.0. The highest BCUT2D eigenvalue weighted by molar-refractivity contribution is 8.00. The van der Waals surface area contributed by atoms with Crippen molar-refractivity contribution >= 4 is 75.9 Å². The molecule has 0 aromatic heterocycles. The molecule has 1 N–H and O–H groups in total. The summed E-state index contributed by atoms with van der Waals surface area (Å²) in [5.41, 5.74) is 2.17. The number of carboxylic acids is 1. The monoisotopic (exact) mass is 629 g/mol. The topological polar surface area (TPSA) is 74.7 Å².